The molecule has 0 spiro atoms. The maximum absolute atomic E-state index is 5.85. The van der Waals surface area contributed by atoms with Crippen molar-refractivity contribution in [3.8, 4) is 5.75 Å². The van der Waals surface area contributed by atoms with Crippen molar-refractivity contribution in [3.63, 3.8) is 0 Å². The number of rotatable bonds is 4. The average molecular weight is 350 g/mol. The standard InChI is InChI=1S/C14H12BrN3OS/c1-9-13(20-8-18-9)3-5-19-12-2-4-16-11-6-10(15)7-17-14(11)12/h2,4,6-8H,3,5H2,1H3. The summed E-state index contributed by atoms with van der Waals surface area (Å²) in [4.78, 5) is 14.2. The van der Waals surface area contributed by atoms with E-state index in [9.17, 15) is 0 Å². The topological polar surface area (TPSA) is 47.9 Å². The van der Waals surface area contributed by atoms with E-state index in [0.29, 0.717) is 6.61 Å². The Labute approximate surface area is 129 Å². The zero-order chi connectivity index (χ0) is 13.9. The molecule has 3 aromatic rings. The number of aromatic nitrogens is 3. The molecule has 0 aromatic carbocycles. The fourth-order valence-electron chi connectivity index (χ4n) is 1.92. The third-order valence-electron chi connectivity index (χ3n) is 2.94. The summed E-state index contributed by atoms with van der Waals surface area (Å²) in [5.41, 5.74) is 4.56. The van der Waals surface area contributed by atoms with Crippen LogP contribution in [0.15, 0.2) is 34.5 Å². The van der Waals surface area contributed by atoms with E-state index in [1.54, 1.807) is 23.7 Å². The fraction of sp³-hybridized carbons (Fsp3) is 0.214. The normalized spacial score (nSPS) is 10.9. The van der Waals surface area contributed by atoms with Crippen LogP contribution in [0.1, 0.15) is 10.6 Å². The summed E-state index contributed by atoms with van der Waals surface area (Å²) in [6.07, 6.45) is 4.35. The summed E-state index contributed by atoms with van der Waals surface area (Å²) in [6.45, 7) is 2.63. The van der Waals surface area contributed by atoms with Gasteiger partial charge in [0.2, 0.25) is 0 Å². The molecule has 0 aliphatic carbocycles. The Morgan fingerprint density at radius 3 is 3.00 bits per heavy atom. The molecule has 0 fully saturated rings. The molecule has 3 aromatic heterocycles. The molecule has 0 saturated carbocycles. The van der Waals surface area contributed by atoms with E-state index in [4.69, 9.17) is 4.74 Å². The van der Waals surface area contributed by atoms with Crippen LogP contribution in [0.3, 0.4) is 0 Å². The van der Waals surface area contributed by atoms with E-state index in [1.807, 2.05) is 24.6 Å². The Bertz CT molecular complexity index is 744. The lowest BCUT2D eigenvalue weighted by molar-refractivity contribution is 0.325. The van der Waals surface area contributed by atoms with E-state index in [2.05, 4.69) is 30.9 Å². The molecule has 0 aliphatic rings. The molecule has 0 atom stereocenters. The lowest BCUT2D eigenvalue weighted by Crippen LogP contribution is -2.02. The number of nitrogens with zero attached hydrogens (tertiary/aromatic N) is 3. The third-order valence-corrected chi connectivity index (χ3v) is 4.37. The summed E-state index contributed by atoms with van der Waals surface area (Å²) >= 11 is 5.06. The molecule has 0 saturated heterocycles. The molecule has 3 heterocycles. The highest BCUT2D eigenvalue weighted by Gasteiger charge is 2.06. The van der Waals surface area contributed by atoms with E-state index in [0.717, 1.165) is 33.4 Å². The second-order valence-electron chi connectivity index (χ2n) is 4.29. The van der Waals surface area contributed by atoms with Crippen molar-refractivity contribution in [1.82, 2.24) is 15.0 Å². The zero-order valence-electron chi connectivity index (χ0n) is 10.8. The minimum atomic E-state index is 0.611. The predicted molar refractivity (Wildman–Crippen MR) is 83.3 cm³/mol. The highest BCUT2D eigenvalue weighted by atomic mass is 79.9. The first kappa shape index (κ1) is 13.5. The number of pyridine rings is 2. The van der Waals surface area contributed by atoms with Gasteiger partial charge in [-0.3, -0.25) is 4.98 Å². The van der Waals surface area contributed by atoms with Gasteiger partial charge in [0, 0.05) is 34.2 Å². The quantitative estimate of drug-likeness (QED) is 0.719. The number of hydrogen-bond acceptors (Lipinski definition) is 5. The smallest absolute Gasteiger partial charge is 0.148 e. The Kier molecular flexibility index (Phi) is 3.93. The molecule has 4 nitrogen and oxygen atoms in total. The van der Waals surface area contributed by atoms with Crippen LogP contribution in [-0.4, -0.2) is 21.6 Å². The van der Waals surface area contributed by atoms with Gasteiger partial charge in [0.15, 0.2) is 0 Å². The third kappa shape index (κ3) is 2.81. The van der Waals surface area contributed by atoms with Crippen LogP contribution in [0.4, 0.5) is 0 Å². The van der Waals surface area contributed by atoms with Gasteiger partial charge in [-0.15, -0.1) is 11.3 Å². The molecule has 3 rings (SSSR count). The van der Waals surface area contributed by atoms with Crippen molar-refractivity contribution in [3.05, 3.63) is 45.1 Å². The van der Waals surface area contributed by atoms with E-state index >= 15 is 0 Å². The minimum absolute atomic E-state index is 0.611. The molecule has 0 radical (unpaired) electrons. The van der Waals surface area contributed by atoms with Gasteiger partial charge in [0.25, 0.3) is 0 Å². The summed E-state index contributed by atoms with van der Waals surface area (Å²) in [5.74, 6) is 0.768. The monoisotopic (exact) mass is 349 g/mol. The maximum atomic E-state index is 5.85. The van der Waals surface area contributed by atoms with Gasteiger partial charge in [-0.05, 0) is 28.9 Å². The van der Waals surface area contributed by atoms with Crippen LogP contribution in [0.25, 0.3) is 11.0 Å². The second-order valence-corrected chi connectivity index (χ2v) is 6.14. The summed E-state index contributed by atoms with van der Waals surface area (Å²) in [6, 6.07) is 3.78. The predicted octanol–water partition coefficient (Wildman–Crippen LogP) is 3.78. The Morgan fingerprint density at radius 1 is 1.30 bits per heavy atom. The summed E-state index contributed by atoms with van der Waals surface area (Å²) in [7, 11) is 0. The number of ether oxygens (including phenoxy) is 1. The highest BCUT2D eigenvalue weighted by Crippen LogP contribution is 2.24. The Hall–Kier alpha value is -1.53. The maximum Gasteiger partial charge on any atom is 0.148 e. The number of aryl methyl sites for hydroxylation is 1. The van der Waals surface area contributed by atoms with Gasteiger partial charge in [0.1, 0.15) is 11.3 Å². The van der Waals surface area contributed by atoms with Gasteiger partial charge in [-0.2, -0.15) is 0 Å². The lowest BCUT2D eigenvalue weighted by Gasteiger charge is -2.08. The molecule has 6 heteroatoms. The van der Waals surface area contributed by atoms with Crippen LogP contribution in [0.2, 0.25) is 0 Å². The number of thiazole rings is 1. The largest absolute Gasteiger partial charge is 0.491 e. The second kappa shape index (κ2) is 5.85. The van der Waals surface area contributed by atoms with Crippen LogP contribution in [0, 0.1) is 6.92 Å². The highest BCUT2D eigenvalue weighted by molar-refractivity contribution is 9.10. The fourth-order valence-corrected chi connectivity index (χ4v) is 3.00. The number of halogens is 1. The van der Waals surface area contributed by atoms with Crippen LogP contribution >= 0.6 is 27.3 Å². The van der Waals surface area contributed by atoms with Gasteiger partial charge < -0.3 is 4.74 Å². The van der Waals surface area contributed by atoms with Crippen molar-refractivity contribution in [2.75, 3.05) is 6.61 Å². The lowest BCUT2D eigenvalue weighted by atomic mass is 10.3. The average Bonchev–Trinajstić information content (AvgIpc) is 2.84. The van der Waals surface area contributed by atoms with Crippen molar-refractivity contribution in [1.29, 1.82) is 0 Å². The molecule has 102 valence electrons. The Balaban J connectivity index is 1.76. The van der Waals surface area contributed by atoms with Gasteiger partial charge in [-0.1, -0.05) is 0 Å². The number of hydrogen-bond donors (Lipinski definition) is 0. The minimum Gasteiger partial charge on any atom is -0.491 e. The number of fused-ring (bicyclic) bond motifs is 1. The molecule has 20 heavy (non-hydrogen) atoms. The van der Waals surface area contributed by atoms with E-state index in [-0.39, 0.29) is 0 Å². The molecule has 0 N–H and O–H groups in total. The van der Waals surface area contributed by atoms with E-state index in [1.165, 1.54) is 4.88 Å². The van der Waals surface area contributed by atoms with Crippen molar-refractivity contribution in [2.24, 2.45) is 0 Å². The van der Waals surface area contributed by atoms with E-state index < -0.39 is 0 Å². The zero-order valence-corrected chi connectivity index (χ0v) is 13.2. The Morgan fingerprint density at radius 2 is 2.20 bits per heavy atom. The summed E-state index contributed by atoms with van der Waals surface area (Å²) < 4.78 is 6.76. The molecule has 0 unspecified atom stereocenters. The van der Waals surface area contributed by atoms with Gasteiger partial charge in [-0.25, -0.2) is 9.97 Å². The first-order chi connectivity index (χ1) is 9.74. The van der Waals surface area contributed by atoms with Crippen LogP contribution in [0.5, 0.6) is 5.75 Å². The van der Waals surface area contributed by atoms with Crippen molar-refractivity contribution in [2.45, 2.75) is 13.3 Å². The molecular formula is C14H12BrN3OS. The molecule has 0 aliphatic heterocycles. The van der Waals surface area contributed by atoms with Gasteiger partial charge >= 0.3 is 0 Å². The first-order valence-electron chi connectivity index (χ1n) is 6.16. The molecule has 0 amide bonds. The molecule has 0 bridgehead atoms. The molecular weight excluding hydrogens is 338 g/mol. The summed E-state index contributed by atoms with van der Waals surface area (Å²) in [5, 5.41) is 0. The SMILES string of the molecule is Cc1ncsc1CCOc1ccnc2cc(Br)cnc12. The van der Waals surface area contributed by atoms with Gasteiger partial charge in [0.05, 0.1) is 23.3 Å². The van der Waals surface area contributed by atoms with Crippen LogP contribution < -0.4 is 4.74 Å². The van der Waals surface area contributed by atoms with Crippen molar-refractivity contribution < 1.29 is 4.74 Å². The van der Waals surface area contributed by atoms with Crippen molar-refractivity contribution >= 4 is 38.3 Å². The first-order valence-corrected chi connectivity index (χ1v) is 7.83. The van der Waals surface area contributed by atoms with Crippen LogP contribution in [-0.2, 0) is 6.42 Å².